The van der Waals surface area contributed by atoms with Crippen molar-refractivity contribution in [1.82, 2.24) is 4.98 Å². The topological polar surface area (TPSA) is 133 Å². The van der Waals surface area contributed by atoms with Crippen LogP contribution in [-0.4, -0.2) is 27.1 Å². The smallest absolute Gasteiger partial charge is 0.342 e. The van der Waals surface area contributed by atoms with Crippen molar-refractivity contribution in [2.24, 2.45) is 0 Å². The first-order chi connectivity index (χ1) is 10.8. The Morgan fingerprint density at radius 3 is 2.35 bits per heavy atom. The first-order valence-corrected chi connectivity index (χ1v) is 7.27. The van der Waals surface area contributed by atoms with Gasteiger partial charge in [-0.15, -0.1) is 0 Å². The first-order valence-electron chi connectivity index (χ1n) is 6.15. The normalized spacial score (nSPS) is 10.5. The van der Waals surface area contributed by atoms with Crippen molar-refractivity contribution in [2.75, 3.05) is 5.73 Å². The fraction of sp³-hybridized carbons (Fsp3) is 0.0714. The lowest BCUT2D eigenvalue weighted by Crippen LogP contribution is -2.24. The van der Waals surface area contributed by atoms with Crippen molar-refractivity contribution in [3.63, 3.8) is 0 Å². The Hall–Kier alpha value is -2.68. The van der Waals surface area contributed by atoms with Gasteiger partial charge in [0.05, 0.1) is 0 Å². The molecule has 7 nitrogen and oxygen atoms in total. The van der Waals surface area contributed by atoms with Gasteiger partial charge in [0.15, 0.2) is 0 Å². The van der Waals surface area contributed by atoms with E-state index in [1.54, 1.807) is 0 Å². The first kappa shape index (κ1) is 16.7. The zero-order valence-corrected chi connectivity index (χ0v) is 13.0. The second kappa shape index (κ2) is 6.21. The maximum Gasteiger partial charge on any atom is 0.342 e. The number of carboxylic acid groups (broad SMARTS) is 2. The summed E-state index contributed by atoms with van der Waals surface area (Å²) in [6, 6.07) is 3.75. The third-order valence-electron chi connectivity index (χ3n) is 3.13. The largest absolute Gasteiger partial charge is 0.478 e. The number of carbonyl (C=O) groups is 2. The summed E-state index contributed by atoms with van der Waals surface area (Å²) in [5, 5.41) is 18.9. The van der Waals surface area contributed by atoms with Gasteiger partial charge in [-0.3, -0.25) is 4.79 Å². The fourth-order valence-corrected chi connectivity index (χ4v) is 2.51. The Morgan fingerprint density at radius 2 is 1.83 bits per heavy atom. The van der Waals surface area contributed by atoms with Gasteiger partial charge in [0.25, 0.3) is 5.56 Å². The number of aromatic amines is 1. The molecule has 2 aromatic rings. The minimum absolute atomic E-state index is 0.323. The van der Waals surface area contributed by atoms with E-state index in [1.165, 1.54) is 12.1 Å². The molecule has 1 aromatic carbocycles. The molecule has 0 radical (unpaired) electrons. The average Bonchev–Trinajstić information content (AvgIpc) is 2.46. The van der Waals surface area contributed by atoms with Crippen LogP contribution in [0.2, 0.25) is 0 Å². The number of halogens is 2. The number of pyridine rings is 1. The Kier molecular flexibility index (Phi) is 4.50. The highest BCUT2D eigenvalue weighted by molar-refractivity contribution is 9.08. The molecule has 1 aromatic heterocycles. The summed E-state index contributed by atoms with van der Waals surface area (Å²) < 4.78 is 14.2. The number of aromatic carboxylic acids is 2. The molecule has 0 fully saturated rings. The van der Waals surface area contributed by atoms with E-state index < -0.39 is 45.8 Å². The standard InChI is InChI=1S/C14H10BrFN2O5/c15-4-5-1-2-7(16)6(3-5)8-9(13(20)21)11(17)18-12(19)10(8)14(22)23/h1-3H,4H2,(H,20,21)(H,22,23)(H3,17,18,19). The molecule has 0 amide bonds. The zero-order valence-electron chi connectivity index (χ0n) is 11.4. The highest BCUT2D eigenvalue weighted by Crippen LogP contribution is 2.32. The second-order valence-electron chi connectivity index (χ2n) is 4.55. The lowest BCUT2D eigenvalue weighted by Gasteiger charge is -2.13. The molecule has 0 saturated heterocycles. The summed E-state index contributed by atoms with van der Waals surface area (Å²) in [7, 11) is 0. The molecular formula is C14H10BrFN2O5. The molecule has 0 bridgehead atoms. The van der Waals surface area contributed by atoms with E-state index in [9.17, 15) is 29.0 Å². The molecule has 0 unspecified atom stereocenters. The summed E-state index contributed by atoms with van der Waals surface area (Å²) in [5.41, 5.74) is 2.49. The SMILES string of the molecule is Nc1[nH]c(=O)c(C(=O)O)c(-c2cc(CBr)ccc2F)c1C(=O)O. The summed E-state index contributed by atoms with van der Waals surface area (Å²) >= 11 is 3.16. The van der Waals surface area contributed by atoms with Gasteiger partial charge in [0.2, 0.25) is 0 Å². The number of hydrogen-bond acceptors (Lipinski definition) is 4. The highest BCUT2D eigenvalue weighted by atomic mass is 79.9. The molecule has 0 aliphatic rings. The zero-order chi connectivity index (χ0) is 17.3. The number of nitrogen functional groups attached to an aromatic ring is 1. The molecule has 0 spiro atoms. The Labute approximate surface area is 136 Å². The average molecular weight is 385 g/mol. The van der Waals surface area contributed by atoms with E-state index in [1.807, 2.05) is 4.98 Å². The van der Waals surface area contributed by atoms with E-state index >= 15 is 0 Å². The second-order valence-corrected chi connectivity index (χ2v) is 5.11. The summed E-state index contributed by atoms with van der Waals surface area (Å²) in [6.45, 7) is 0. The molecular weight excluding hydrogens is 375 g/mol. The van der Waals surface area contributed by atoms with Gasteiger partial charge in [-0.25, -0.2) is 14.0 Å². The van der Waals surface area contributed by atoms with Gasteiger partial charge in [0, 0.05) is 16.5 Å². The third-order valence-corrected chi connectivity index (χ3v) is 3.77. The maximum atomic E-state index is 14.2. The molecule has 120 valence electrons. The van der Waals surface area contributed by atoms with E-state index in [0.29, 0.717) is 10.9 Å². The summed E-state index contributed by atoms with van der Waals surface area (Å²) in [6.07, 6.45) is 0. The van der Waals surface area contributed by atoms with Crippen LogP contribution in [0.4, 0.5) is 10.2 Å². The molecule has 0 aliphatic heterocycles. The van der Waals surface area contributed by atoms with Crippen molar-refractivity contribution >= 4 is 33.7 Å². The minimum Gasteiger partial charge on any atom is -0.478 e. The molecule has 0 aliphatic carbocycles. The minimum atomic E-state index is -1.69. The number of alkyl halides is 1. The third kappa shape index (κ3) is 2.95. The van der Waals surface area contributed by atoms with Gasteiger partial charge < -0.3 is 20.9 Å². The fourth-order valence-electron chi connectivity index (χ4n) is 2.16. The van der Waals surface area contributed by atoms with Gasteiger partial charge in [-0.2, -0.15) is 0 Å². The quantitative estimate of drug-likeness (QED) is 0.596. The van der Waals surface area contributed by atoms with Crippen LogP contribution in [0.5, 0.6) is 0 Å². The van der Waals surface area contributed by atoms with Gasteiger partial charge >= 0.3 is 11.9 Å². The maximum absolute atomic E-state index is 14.2. The number of rotatable bonds is 4. The predicted molar refractivity (Wildman–Crippen MR) is 83.4 cm³/mol. The van der Waals surface area contributed by atoms with Crippen LogP contribution in [0.25, 0.3) is 11.1 Å². The number of anilines is 1. The summed E-state index contributed by atoms with van der Waals surface area (Å²) in [4.78, 5) is 36.7. The molecule has 2 rings (SSSR count). The van der Waals surface area contributed by atoms with Gasteiger partial charge in [-0.05, 0) is 17.7 Å². The van der Waals surface area contributed by atoms with Crippen LogP contribution in [0, 0.1) is 5.82 Å². The van der Waals surface area contributed by atoms with Gasteiger partial charge in [0.1, 0.15) is 22.8 Å². The number of benzene rings is 1. The number of nitrogens with two attached hydrogens (primary N) is 1. The van der Waals surface area contributed by atoms with Crippen LogP contribution in [0.1, 0.15) is 26.3 Å². The van der Waals surface area contributed by atoms with E-state index in [2.05, 4.69) is 15.9 Å². The molecule has 23 heavy (non-hydrogen) atoms. The van der Waals surface area contributed by atoms with E-state index in [0.717, 1.165) is 6.07 Å². The van der Waals surface area contributed by atoms with Crippen LogP contribution in [0.3, 0.4) is 0 Å². The van der Waals surface area contributed by atoms with Crippen LogP contribution in [-0.2, 0) is 5.33 Å². The number of nitrogens with one attached hydrogen (secondary N) is 1. The highest BCUT2D eigenvalue weighted by Gasteiger charge is 2.28. The molecule has 1 heterocycles. The van der Waals surface area contributed by atoms with Crippen molar-refractivity contribution < 1.29 is 24.2 Å². The van der Waals surface area contributed by atoms with Crippen molar-refractivity contribution in [3.8, 4) is 11.1 Å². The van der Waals surface area contributed by atoms with E-state index in [4.69, 9.17) is 5.73 Å². The predicted octanol–water partition coefficient (Wildman–Crippen LogP) is 2.05. The summed E-state index contributed by atoms with van der Waals surface area (Å²) in [5.74, 6) is -4.69. The van der Waals surface area contributed by atoms with Crippen LogP contribution < -0.4 is 11.3 Å². The number of aromatic nitrogens is 1. The molecule has 0 saturated carbocycles. The molecule has 5 N–H and O–H groups in total. The van der Waals surface area contributed by atoms with E-state index in [-0.39, 0.29) is 5.56 Å². The van der Waals surface area contributed by atoms with Crippen LogP contribution in [0.15, 0.2) is 23.0 Å². The molecule has 0 atom stereocenters. The van der Waals surface area contributed by atoms with Crippen molar-refractivity contribution in [2.45, 2.75) is 5.33 Å². The van der Waals surface area contributed by atoms with Crippen molar-refractivity contribution in [1.29, 1.82) is 0 Å². The molecule has 9 heteroatoms. The van der Waals surface area contributed by atoms with Crippen molar-refractivity contribution in [3.05, 3.63) is 51.1 Å². The number of hydrogen-bond donors (Lipinski definition) is 4. The number of carboxylic acids is 2. The van der Waals surface area contributed by atoms with Crippen LogP contribution >= 0.6 is 15.9 Å². The monoisotopic (exact) mass is 384 g/mol. The Balaban J connectivity index is 3.03. The Bertz CT molecular complexity index is 878. The number of H-pyrrole nitrogens is 1. The Morgan fingerprint density at radius 1 is 1.22 bits per heavy atom. The lowest BCUT2D eigenvalue weighted by molar-refractivity contribution is 0.0695. The van der Waals surface area contributed by atoms with Gasteiger partial charge in [-0.1, -0.05) is 22.0 Å². The lowest BCUT2D eigenvalue weighted by atomic mass is 9.94.